The summed E-state index contributed by atoms with van der Waals surface area (Å²) in [5.41, 5.74) is 0. The van der Waals surface area contributed by atoms with Gasteiger partial charge in [0.2, 0.25) is 11.8 Å². The van der Waals surface area contributed by atoms with Crippen LogP contribution < -0.4 is 10.6 Å². The van der Waals surface area contributed by atoms with E-state index in [9.17, 15) is 102 Å². The van der Waals surface area contributed by atoms with Crippen molar-refractivity contribution in [2.45, 2.75) is 429 Å². The number of unbranched alkanes of at least 4 members (excludes halogenated alkanes) is 28. The number of ether oxygens (including phenoxy) is 12. The van der Waals surface area contributed by atoms with Crippen molar-refractivity contribution in [2.24, 2.45) is 0 Å². The average molecular weight is 1650 g/mol. The Morgan fingerprint density at radius 2 is 0.711 bits per heavy atom. The number of nitrogens with one attached hydrogen (secondary N) is 2. The first-order chi connectivity index (χ1) is 54.9. The summed E-state index contributed by atoms with van der Waals surface area (Å²) in [4.78, 5) is 26.8. The molecule has 12 unspecified atom stereocenters. The Balaban J connectivity index is 1.08. The molecule has 0 aromatic heterocycles. The second-order valence-electron chi connectivity index (χ2n) is 31.7. The number of rotatable bonds is 55. The third-order valence-electron chi connectivity index (χ3n) is 22.4. The third-order valence-corrected chi connectivity index (χ3v) is 22.4. The summed E-state index contributed by atoms with van der Waals surface area (Å²) < 4.78 is 71.8. The second kappa shape index (κ2) is 54.6. The predicted octanol–water partition coefficient (Wildman–Crippen LogP) is 0.576. The monoisotopic (exact) mass is 1640 g/mol. The third kappa shape index (κ3) is 31.3. The quantitative estimate of drug-likeness (QED) is 0.0292. The molecular formula is C80H144N2O32. The first kappa shape index (κ1) is 100. The van der Waals surface area contributed by atoms with E-state index in [2.05, 4.69) is 36.6 Å². The van der Waals surface area contributed by atoms with Crippen LogP contribution in [-0.2, 0) is 66.4 Å². The van der Waals surface area contributed by atoms with Gasteiger partial charge in [0, 0.05) is 13.3 Å². The lowest BCUT2D eigenvalue weighted by atomic mass is 9.94. The van der Waals surface area contributed by atoms with E-state index < -0.39 is 242 Å². The minimum absolute atomic E-state index is 0.177. The molecule has 34 heteroatoms. The van der Waals surface area contributed by atoms with Crippen LogP contribution in [-0.4, -0.2) is 340 Å². The lowest BCUT2D eigenvalue weighted by Crippen LogP contribution is -2.71. The van der Waals surface area contributed by atoms with Crippen molar-refractivity contribution in [1.29, 1.82) is 0 Å². The minimum Gasteiger partial charge on any atom is -0.394 e. The fourth-order valence-electron chi connectivity index (χ4n) is 15.4. The van der Waals surface area contributed by atoms with E-state index in [4.69, 9.17) is 56.8 Å². The number of aliphatic hydroxyl groups excluding tert-OH is 18. The van der Waals surface area contributed by atoms with Crippen molar-refractivity contribution in [3.8, 4) is 0 Å². The van der Waals surface area contributed by atoms with Crippen molar-refractivity contribution in [2.75, 3.05) is 39.6 Å². The summed E-state index contributed by atoms with van der Waals surface area (Å²) in [6, 6.07) is -2.92. The summed E-state index contributed by atoms with van der Waals surface area (Å²) in [5.74, 6) is -1.23. The molecule has 666 valence electrons. The zero-order chi connectivity index (χ0) is 83.2. The minimum atomic E-state index is -2.22. The SMILES string of the molecule is CCCCCCCC/C=C\CCCCCCCCCCCCCC(=O)N[C@@H](CO[C@@H]1OC(CO)[C@@H](O[C@@H]2OC(CO)[C@H](O[C@@H]3OC(CO)[C@H](O)[C@H](O[C@@H]4OC(CO)[C@H](O)[C@H](O[C@H]5OC(CO)[C@H](O)[C@H](O)C5O)C4O[C@H]4OC(C)[C@@H](O)C(O)[C@@H]4O)C3NC(C)=O)[C@H](O)C2O)[C@H](O)C1O)[C@H](O)/C=C/CCCCCCCCCCCCC. The van der Waals surface area contributed by atoms with E-state index in [1.165, 1.54) is 135 Å². The van der Waals surface area contributed by atoms with Crippen LogP contribution in [0.4, 0.5) is 0 Å². The molecule has 0 radical (unpaired) electrons. The van der Waals surface area contributed by atoms with Crippen molar-refractivity contribution in [3.05, 3.63) is 24.3 Å². The summed E-state index contributed by atoms with van der Waals surface area (Å²) >= 11 is 0. The lowest BCUT2D eigenvalue weighted by molar-refractivity contribution is -0.404. The predicted molar refractivity (Wildman–Crippen MR) is 408 cm³/mol. The van der Waals surface area contributed by atoms with Gasteiger partial charge in [0.25, 0.3) is 0 Å². The normalized spacial score (nSPS) is 36.9. The summed E-state index contributed by atoms with van der Waals surface area (Å²) in [7, 11) is 0. The fourth-order valence-corrected chi connectivity index (χ4v) is 15.4. The fraction of sp³-hybridized carbons (Fsp3) is 0.925. The van der Waals surface area contributed by atoms with Gasteiger partial charge in [-0.2, -0.15) is 0 Å². The van der Waals surface area contributed by atoms with Crippen molar-refractivity contribution >= 4 is 11.8 Å². The topological polar surface area (TPSA) is 533 Å². The highest BCUT2D eigenvalue weighted by Gasteiger charge is 2.59. The van der Waals surface area contributed by atoms with Crippen molar-refractivity contribution in [1.82, 2.24) is 10.6 Å². The standard InChI is InChI=1S/C80H144N2O32/c1-5-7-9-11-13-15-17-19-20-21-22-23-24-25-26-28-30-32-34-36-38-40-56(90)82-49(50(89)39-37-35-33-31-29-27-18-16-14-12-10-8-6-2)46-103-76-68(101)64(97)71(54(44-86)108-76)111-79-69(102)65(98)70(55(45-87)109-79)110-75-57(81-48(4)88)72(60(93)52(42-84)105-75)112-80-74(114-77-66(99)62(95)58(91)47(3)104-77)73(61(94)53(43-85)107-80)113-78-67(100)63(96)59(92)51(41-83)106-78/h19-20,37,39,47,49-55,57-80,83-87,89,91-102H,5-18,21-36,38,40-46H2,1-4H3,(H,81,88)(H,82,90)/b20-19-,39-37+/t47?,49-,50+,51?,52?,53?,54?,55?,57?,58+,59-,60-,61-,62?,63-,64+,65+,66-,67?,68?,69?,70-,71+,72+,73-,74?,75-,76+,77+,78+,79-,80-/m0/s1. The van der Waals surface area contributed by atoms with Gasteiger partial charge in [-0.05, 0) is 51.9 Å². The van der Waals surface area contributed by atoms with Gasteiger partial charge < -0.3 is 159 Å². The van der Waals surface area contributed by atoms with E-state index in [-0.39, 0.29) is 12.3 Å². The second-order valence-corrected chi connectivity index (χ2v) is 31.7. The van der Waals surface area contributed by atoms with Crippen LogP contribution in [0.25, 0.3) is 0 Å². The maximum atomic E-state index is 13.6. The molecule has 0 bridgehead atoms. The first-order valence-corrected chi connectivity index (χ1v) is 42.5. The molecule has 114 heavy (non-hydrogen) atoms. The molecule has 20 N–H and O–H groups in total. The first-order valence-electron chi connectivity index (χ1n) is 42.5. The smallest absolute Gasteiger partial charge is 0.220 e. The van der Waals surface area contributed by atoms with Gasteiger partial charge in [0.15, 0.2) is 37.7 Å². The molecule has 32 atom stereocenters. The summed E-state index contributed by atoms with van der Waals surface area (Å²) in [6.45, 7) is 1.27. The molecule has 6 heterocycles. The van der Waals surface area contributed by atoms with Gasteiger partial charge in [-0.25, -0.2) is 0 Å². The van der Waals surface area contributed by atoms with Crippen LogP contribution >= 0.6 is 0 Å². The number of aliphatic hydroxyl groups is 18. The van der Waals surface area contributed by atoms with Gasteiger partial charge in [-0.3, -0.25) is 9.59 Å². The van der Waals surface area contributed by atoms with Crippen LogP contribution in [0.5, 0.6) is 0 Å². The Labute approximate surface area is 671 Å². The molecule has 6 aliphatic rings. The Kier molecular flexibility index (Phi) is 47.9. The largest absolute Gasteiger partial charge is 0.394 e. The van der Waals surface area contributed by atoms with Crippen LogP contribution in [0.1, 0.15) is 233 Å². The number of carbonyl (C=O) groups excluding carboxylic acids is 2. The molecule has 6 rings (SSSR count). The van der Waals surface area contributed by atoms with E-state index in [0.717, 1.165) is 64.7 Å². The molecule has 0 aromatic rings. The zero-order valence-corrected chi connectivity index (χ0v) is 67.4. The maximum absolute atomic E-state index is 13.6. The highest BCUT2D eigenvalue weighted by atomic mass is 16.8. The zero-order valence-electron chi connectivity index (χ0n) is 67.4. The van der Waals surface area contributed by atoms with Crippen LogP contribution in [0.15, 0.2) is 24.3 Å². The van der Waals surface area contributed by atoms with Gasteiger partial charge in [-0.1, -0.05) is 192 Å². The van der Waals surface area contributed by atoms with E-state index in [1.807, 2.05) is 6.08 Å². The van der Waals surface area contributed by atoms with Crippen molar-refractivity contribution < 1.29 is 158 Å². The van der Waals surface area contributed by atoms with E-state index >= 15 is 0 Å². The molecule has 0 aliphatic carbocycles. The molecule has 34 nitrogen and oxygen atoms in total. The average Bonchev–Trinajstić information content (AvgIpc) is 0.761. The summed E-state index contributed by atoms with van der Waals surface area (Å²) in [6.07, 6.45) is -13.2. The number of hydrogen-bond donors (Lipinski definition) is 20. The van der Waals surface area contributed by atoms with Gasteiger partial charge >= 0.3 is 0 Å². The van der Waals surface area contributed by atoms with E-state index in [1.54, 1.807) is 6.08 Å². The Morgan fingerprint density at radius 3 is 1.19 bits per heavy atom. The lowest BCUT2D eigenvalue weighted by Gasteiger charge is -2.51. The number of amides is 2. The molecule has 2 amide bonds. The Morgan fingerprint density at radius 1 is 0.360 bits per heavy atom. The molecule has 6 aliphatic heterocycles. The Bertz CT molecular complexity index is 2610. The molecule has 0 aromatic carbocycles. The Hall–Kier alpha value is -2.78. The molecule has 6 saturated heterocycles. The highest BCUT2D eigenvalue weighted by molar-refractivity contribution is 5.76. The molecular weight excluding hydrogens is 1500 g/mol. The molecule has 6 fully saturated rings. The number of allylic oxidation sites excluding steroid dienone is 3. The number of carbonyl (C=O) groups is 2. The summed E-state index contributed by atoms with van der Waals surface area (Å²) in [5, 5.41) is 206. The van der Waals surface area contributed by atoms with Gasteiger partial charge in [0.05, 0.1) is 57.9 Å². The van der Waals surface area contributed by atoms with Gasteiger partial charge in [0.1, 0.15) is 140 Å². The van der Waals surface area contributed by atoms with Crippen LogP contribution in [0.2, 0.25) is 0 Å². The van der Waals surface area contributed by atoms with Crippen molar-refractivity contribution in [3.63, 3.8) is 0 Å². The maximum Gasteiger partial charge on any atom is 0.220 e. The van der Waals surface area contributed by atoms with Crippen LogP contribution in [0.3, 0.4) is 0 Å². The number of hydrogen-bond acceptors (Lipinski definition) is 32. The highest BCUT2D eigenvalue weighted by Crippen LogP contribution is 2.39. The van der Waals surface area contributed by atoms with E-state index in [0.29, 0.717) is 12.8 Å². The van der Waals surface area contributed by atoms with Crippen LogP contribution in [0, 0.1) is 0 Å². The molecule has 0 spiro atoms. The molecule has 0 saturated carbocycles. The van der Waals surface area contributed by atoms with Gasteiger partial charge in [-0.15, -0.1) is 0 Å².